The van der Waals surface area contributed by atoms with E-state index in [1.54, 1.807) is 6.07 Å². The van der Waals surface area contributed by atoms with E-state index in [-0.39, 0.29) is 0 Å². The highest BCUT2D eigenvalue weighted by Gasteiger charge is 2.32. The van der Waals surface area contributed by atoms with Crippen LogP contribution in [0.5, 0.6) is 0 Å². The van der Waals surface area contributed by atoms with Crippen molar-refractivity contribution in [1.82, 2.24) is 0 Å². The molecule has 0 heterocycles. The third kappa shape index (κ3) is 6.02. The molecule has 1 nitrogen and oxygen atoms in total. The normalized spacial score (nSPS) is 29.6. The summed E-state index contributed by atoms with van der Waals surface area (Å²) in [5, 5.41) is 10.6. The topological polar surface area (TPSA) is 20.2 Å². The molecule has 2 saturated carbocycles. The molecule has 0 spiro atoms. The fourth-order valence-corrected chi connectivity index (χ4v) is 5.71. The van der Waals surface area contributed by atoms with Gasteiger partial charge >= 0.3 is 0 Å². The Hall–Kier alpha value is -0.960. The van der Waals surface area contributed by atoms with Gasteiger partial charge in [0.15, 0.2) is 11.6 Å². The van der Waals surface area contributed by atoms with Crippen molar-refractivity contribution in [2.75, 3.05) is 0 Å². The molecule has 3 rings (SSSR count). The Morgan fingerprint density at radius 3 is 2.14 bits per heavy atom. The molecule has 2 fully saturated rings. The summed E-state index contributed by atoms with van der Waals surface area (Å²) in [5.41, 5.74) is 0.690. The van der Waals surface area contributed by atoms with Crippen molar-refractivity contribution in [1.29, 1.82) is 0 Å². The Morgan fingerprint density at radius 2 is 1.54 bits per heavy atom. The van der Waals surface area contributed by atoms with Gasteiger partial charge in [0.2, 0.25) is 0 Å². The maximum absolute atomic E-state index is 13.4. The predicted octanol–water partition coefficient (Wildman–Crippen LogP) is 7.06. The highest BCUT2D eigenvalue weighted by molar-refractivity contribution is 5.18. The molecule has 1 aromatic carbocycles. The largest absolute Gasteiger partial charge is 0.392 e. The Bertz CT molecular complexity index is 586. The molecule has 0 bridgehead atoms. The second kappa shape index (κ2) is 10.7. The van der Waals surface area contributed by atoms with Crippen LogP contribution in [0.3, 0.4) is 0 Å². The quantitative estimate of drug-likeness (QED) is 0.469. The molecule has 28 heavy (non-hydrogen) atoms. The zero-order chi connectivity index (χ0) is 19.9. The van der Waals surface area contributed by atoms with Gasteiger partial charge in [-0.25, -0.2) is 8.78 Å². The third-order valence-corrected chi connectivity index (χ3v) is 7.56. The molecule has 158 valence electrons. The highest BCUT2D eigenvalue weighted by atomic mass is 19.2. The smallest absolute Gasteiger partial charge is 0.159 e. The molecule has 0 aliphatic heterocycles. The lowest BCUT2D eigenvalue weighted by Gasteiger charge is -2.39. The van der Waals surface area contributed by atoms with Gasteiger partial charge < -0.3 is 5.11 Å². The number of rotatable bonds is 8. The maximum atomic E-state index is 13.4. The summed E-state index contributed by atoms with van der Waals surface area (Å²) in [6.45, 7) is 2.28. The van der Waals surface area contributed by atoms with Gasteiger partial charge in [0, 0.05) is 0 Å². The van der Waals surface area contributed by atoms with Crippen LogP contribution in [-0.2, 0) is 6.42 Å². The summed E-state index contributed by atoms with van der Waals surface area (Å²) in [5.74, 6) is 1.36. The zero-order valence-electron chi connectivity index (χ0n) is 17.5. The minimum absolute atomic E-state index is 0.301. The van der Waals surface area contributed by atoms with Crippen molar-refractivity contribution in [2.24, 2.45) is 23.7 Å². The Balaban J connectivity index is 1.39. The standard InChI is InChI=1S/C25H38F2O/c1-2-3-4-5-18-6-9-20(10-7-18)21-11-13-22(14-12-21)25(28)17-19-8-15-23(26)24(27)16-19/h8,15-16,18,20-22,25,28H,2-7,9-14,17H2,1H3/t18-,20-,21?,22?,25?. The third-order valence-electron chi connectivity index (χ3n) is 7.56. The summed E-state index contributed by atoms with van der Waals surface area (Å²) in [7, 11) is 0. The molecular formula is C25H38F2O. The molecule has 0 amide bonds. The molecule has 2 aliphatic carbocycles. The lowest BCUT2D eigenvalue weighted by atomic mass is 9.68. The SMILES string of the molecule is CCCCC[C@H]1CC[C@H](C2CCC(C(O)Cc3ccc(F)c(F)c3)CC2)CC1. The molecule has 0 radical (unpaired) electrons. The first-order valence-electron chi connectivity index (χ1n) is 11.7. The minimum atomic E-state index is -0.821. The maximum Gasteiger partial charge on any atom is 0.159 e. The Morgan fingerprint density at radius 1 is 0.893 bits per heavy atom. The van der Waals surface area contributed by atoms with E-state index in [0.29, 0.717) is 17.9 Å². The second-order valence-electron chi connectivity index (χ2n) is 9.47. The van der Waals surface area contributed by atoms with Crippen molar-refractivity contribution in [3.63, 3.8) is 0 Å². The molecule has 1 atom stereocenters. The van der Waals surface area contributed by atoms with Crippen LogP contribution in [0, 0.1) is 35.3 Å². The summed E-state index contributed by atoms with van der Waals surface area (Å²) >= 11 is 0. The fourth-order valence-electron chi connectivity index (χ4n) is 5.71. The van der Waals surface area contributed by atoms with Crippen LogP contribution in [0.2, 0.25) is 0 Å². The number of halogens is 2. The van der Waals surface area contributed by atoms with E-state index in [1.807, 2.05) is 0 Å². The summed E-state index contributed by atoms with van der Waals surface area (Å²) in [6.07, 6.45) is 15.8. The molecule has 0 saturated heterocycles. The molecule has 3 heteroatoms. The summed E-state index contributed by atoms with van der Waals surface area (Å²) < 4.78 is 26.5. The molecular weight excluding hydrogens is 354 g/mol. The zero-order valence-corrected chi connectivity index (χ0v) is 17.5. The number of unbranched alkanes of at least 4 members (excludes halogenated alkanes) is 2. The van der Waals surface area contributed by atoms with Gasteiger partial charge in [-0.1, -0.05) is 51.5 Å². The van der Waals surface area contributed by atoms with Gasteiger partial charge in [-0.2, -0.15) is 0 Å². The van der Waals surface area contributed by atoms with Crippen molar-refractivity contribution < 1.29 is 13.9 Å². The number of aliphatic hydroxyl groups is 1. The fraction of sp³-hybridized carbons (Fsp3) is 0.760. The molecule has 1 N–H and O–H groups in total. The Kier molecular flexibility index (Phi) is 8.32. The van der Waals surface area contributed by atoms with Crippen molar-refractivity contribution in [3.8, 4) is 0 Å². The van der Waals surface area contributed by atoms with Gasteiger partial charge in [0.05, 0.1) is 6.10 Å². The van der Waals surface area contributed by atoms with Gasteiger partial charge in [-0.15, -0.1) is 0 Å². The van der Waals surface area contributed by atoms with Crippen LogP contribution in [0.15, 0.2) is 18.2 Å². The summed E-state index contributed by atoms with van der Waals surface area (Å²) in [6, 6.07) is 3.97. The second-order valence-corrected chi connectivity index (χ2v) is 9.47. The molecule has 1 unspecified atom stereocenters. The lowest BCUT2D eigenvalue weighted by Crippen LogP contribution is -2.31. The molecule has 2 aliphatic rings. The van der Waals surface area contributed by atoms with Crippen molar-refractivity contribution in [3.05, 3.63) is 35.4 Å². The van der Waals surface area contributed by atoms with Gasteiger partial charge in [0.1, 0.15) is 0 Å². The number of hydrogen-bond acceptors (Lipinski definition) is 1. The van der Waals surface area contributed by atoms with E-state index in [9.17, 15) is 13.9 Å². The van der Waals surface area contributed by atoms with Crippen molar-refractivity contribution >= 4 is 0 Å². The Labute approximate surface area is 169 Å². The van der Waals surface area contributed by atoms with Crippen molar-refractivity contribution in [2.45, 2.75) is 96.5 Å². The van der Waals surface area contributed by atoms with Crippen LogP contribution >= 0.6 is 0 Å². The monoisotopic (exact) mass is 392 g/mol. The number of benzene rings is 1. The average molecular weight is 393 g/mol. The number of aliphatic hydroxyl groups excluding tert-OH is 1. The van der Waals surface area contributed by atoms with Crippen LogP contribution in [0.1, 0.15) is 89.5 Å². The first-order valence-corrected chi connectivity index (χ1v) is 11.7. The average Bonchev–Trinajstić information content (AvgIpc) is 2.72. The van der Waals surface area contributed by atoms with Gasteiger partial charge in [-0.05, 0) is 86.3 Å². The van der Waals surface area contributed by atoms with E-state index < -0.39 is 17.7 Å². The molecule has 0 aromatic heterocycles. The predicted molar refractivity (Wildman–Crippen MR) is 111 cm³/mol. The van der Waals surface area contributed by atoms with E-state index in [0.717, 1.165) is 36.7 Å². The van der Waals surface area contributed by atoms with Crippen LogP contribution in [-0.4, -0.2) is 11.2 Å². The van der Waals surface area contributed by atoms with E-state index in [4.69, 9.17) is 0 Å². The minimum Gasteiger partial charge on any atom is -0.392 e. The van der Waals surface area contributed by atoms with Crippen LogP contribution in [0.25, 0.3) is 0 Å². The molecule has 1 aromatic rings. The first kappa shape index (κ1) is 21.7. The van der Waals surface area contributed by atoms with Crippen LogP contribution in [0.4, 0.5) is 8.78 Å². The van der Waals surface area contributed by atoms with E-state index in [2.05, 4.69) is 6.92 Å². The van der Waals surface area contributed by atoms with Gasteiger partial charge in [0.25, 0.3) is 0 Å². The lowest BCUT2D eigenvalue weighted by molar-refractivity contribution is 0.0570. The highest BCUT2D eigenvalue weighted by Crippen LogP contribution is 2.43. The first-order chi connectivity index (χ1) is 13.6. The van der Waals surface area contributed by atoms with Gasteiger partial charge in [-0.3, -0.25) is 0 Å². The van der Waals surface area contributed by atoms with E-state index >= 15 is 0 Å². The summed E-state index contributed by atoms with van der Waals surface area (Å²) in [4.78, 5) is 0. The number of hydrogen-bond donors (Lipinski definition) is 1. The van der Waals surface area contributed by atoms with E-state index in [1.165, 1.54) is 70.3 Å². The van der Waals surface area contributed by atoms with Crippen LogP contribution < -0.4 is 0 Å².